The first-order chi connectivity index (χ1) is 19.4. The third kappa shape index (κ3) is 8.86. The Balaban J connectivity index is 1.42. The number of nitrogens with zero attached hydrogens (tertiary/aromatic N) is 4. The Kier molecular flexibility index (Phi) is 11.5. The predicted molar refractivity (Wildman–Crippen MR) is 160 cm³/mol. The molecule has 3 aromatic rings. The standard InChI is InChI=1S/C29H36ClFN6O2S/c1-2-4-20-5-3-12-37(13-9-20)14-10-28(39)34-27-18-22(8-11-32-27)33-26-19-25(35-36-29(26)40-16-15-38)23-17-21(30)6-7-24(23)31/h6-8,11,17-20,38H,2-5,9-10,12-16H2,1H3,(H2,32,33,34,35,39). The van der Waals surface area contributed by atoms with E-state index in [0.717, 1.165) is 25.6 Å². The molecule has 1 unspecified atom stereocenters. The third-order valence-electron chi connectivity index (χ3n) is 6.89. The Morgan fingerprint density at radius 2 is 2.08 bits per heavy atom. The van der Waals surface area contributed by atoms with Gasteiger partial charge in [-0.05, 0) is 68.6 Å². The molecule has 2 aromatic heterocycles. The number of likely N-dealkylation sites (tertiary alicyclic amines) is 1. The van der Waals surface area contributed by atoms with Crippen LogP contribution in [0, 0.1) is 11.7 Å². The minimum absolute atomic E-state index is 0.0291. The van der Waals surface area contributed by atoms with Crippen molar-refractivity contribution in [1.82, 2.24) is 20.1 Å². The summed E-state index contributed by atoms with van der Waals surface area (Å²) in [4.78, 5) is 19.4. The largest absolute Gasteiger partial charge is 0.396 e. The van der Waals surface area contributed by atoms with Crippen LogP contribution in [-0.4, -0.2) is 63.1 Å². The Bertz CT molecular complexity index is 1280. The van der Waals surface area contributed by atoms with E-state index in [-0.39, 0.29) is 18.1 Å². The summed E-state index contributed by atoms with van der Waals surface area (Å²) in [6.07, 6.45) is 8.21. The second-order valence-corrected chi connectivity index (χ2v) is 11.4. The molecular weight excluding hydrogens is 551 g/mol. The molecule has 3 N–H and O–H groups in total. The van der Waals surface area contributed by atoms with Crippen molar-refractivity contribution in [1.29, 1.82) is 0 Å². The molecule has 1 aliphatic rings. The molecule has 4 rings (SSSR count). The van der Waals surface area contributed by atoms with E-state index in [0.29, 0.717) is 45.1 Å². The van der Waals surface area contributed by atoms with E-state index in [1.807, 2.05) is 0 Å². The molecule has 1 saturated heterocycles. The van der Waals surface area contributed by atoms with Crippen LogP contribution in [-0.2, 0) is 4.79 Å². The predicted octanol–water partition coefficient (Wildman–Crippen LogP) is 6.39. The lowest BCUT2D eigenvalue weighted by Crippen LogP contribution is -2.29. The van der Waals surface area contributed by atoms with Crippen LogP contribution >= 0.6 is 23.4 Å². The maximum absolute atomic E-state index is 14.5. The summed E-state index contributed by atoms with van der Waals surface area (Å²) < 4.78 is 14.5. The van der Waals surface area contributed by atoms with Gasteiger partial charge in [-0.3, -0.25) is 4.79 Å². The average molecular weight is 587 g/mol. The summed E-state index contributed by atoms with van der Waals surface area (Å²) in [5.41, 5.74) is 1.78. The fourth-order valence-corrected chi connectivity index (χ4v) is 5.71. The first-order valence-electron chi connectivity index (χ1n) is 13.8. The Labute approximate surface area is 244 Å². The number of carbonyl (C=O) groups excluding carboxylic acids is 1. The normalized spacial score (nSPS) is 15.9. The highest BCUT2D eigenvalue weighted by atomic mass is 35.5. The second kappa shape index (κ2) is 15.3. The molecule has 214 valence electrons. The van der Waals surface area contributed by atoms with Gasteiger partial charge >= 0.3 is 0 Å². The number of benzene rings is 1. The van der Waals surface area contributed by atoms with Crippen LogP contribution in [0.1, 0.15) is 45.4 Å². The number of aliphatic hydroxyl groups excluding tert-OH is 1. The topological polar surface area (TPSA) is 103 Å². The van der Waals surface area contributed by atoms with Crippen molar-refractivity contribution in [2.45, 2.75) is 50.5 Å². The average Bonchev–Trinajstić information content (AvgIpc) is 3.18. The number of amides is 1. The molecular formula is C29H36ClFN6O2S. The van der Waals surface area contributed by atoms with E-state index in [2.05, 4.69) is 37.6 Å². The lowest BCUT2D eigenvalue weighted by Gasteiger charge is -2.19. The Morgan fingerprint density at radius 3 is 2.90 bits per heavy atom. The molecule has 40 heavy (non-hydrogen) atoms. The van der Waals surface area contributed by atoms with Gasteiger partial charge < -0.3 is 20.6 Å². The fourth-order valence-electron chi connectivity index (χ4n) is 4.89. The number of aromatic nitrogens is 3. The highest BCUT2D eigenvalue weighted by molar-refractivity contribution is 7.99. The van der Waals surface area contributed by atoms with Gasteiger partial charge in [0.25, 0.3) is 0 Å². The summed E-state index contributed by atoms with van der Waals surface area (Å²) >= 11 is 7.40. The number of hydrogen-bond donors (Lipinski definition) is 3. The van der Waals surface area contributed by atoms with Crippen molar-refractivity contribution in [3.63, 3.8) is 0 Å². The molecule has 1 aromatic carbocycles. The fraction of sp³-hybridized carbons (Fsp3) is 0.448. The number of rotatable bonds is 12. The molecule has 11 heteroatoms. The maximum Gasteiger partial charge on any atom is 0.226 e. The zero-order valence-corrected chi connectivity index (χ0v) is 24.3. The summed E-state index contributed by atoms with van der Waals surface area (Å²) in [5, 5.41) is 24.9. The zero-order valence-electron chi connectivity index (χ0n) is 22.7. The number of halogens is 2. The molecule has 8 nitrogen and oxygen atoms in total. The number of thioether (sulfide) groups is 1. The van der Waals surface area contributed by atoms with Crippen LogP contribution in [0.5, 0.6) is 0 Å². The smallest absolute Gasteiger partial charge is 0.226 e. The van der Waals surface area contributed by atoms with E-state index in [1.54, 1.807) is 24.4 Å². The van der Waals surface area contributed by atoms with Crippen LogP contribution in [0.4, 0.5) is 21.6 Å². The van der Waals surface area contributed by atoms with Gasteiger partial charge in [-0.2, -0.15) is 0 Å². The summed E-state index contributed by atoms with van der Waals surface area (Å²) in [5.74, 6) is 1.11. The van der Waals surface area contributed by atoms with E-state index in [1.165, 1.54) is 62.1 Å². The summed E-state index contributed by atoms with van der Waals surface area (Å²) in [6, 6.07) is 9.45. The van der Waals surface area contributed by atoms with Crippen molar-refractivity contribution in [2.24, 2.45) is 5.92 Å². The first kappa shape index (κ1) is 30.2. The lowest BCUT2D eigenvalue weighted by atomic mass is 9.96. The number of nitrogens with one attached hydrogen (secondary N) is 2. The van der Waals surface area contributed by atoms with E-state index < -0.39 is 5.82 Å². The molecule has 1 amide bonds. The minimum Gasteiger partial charge on any atom is -0.396 e. The van der Waals surface area contributed by atoms with E-state index in [9.17, 15) is 14.3 Å². The van der Waals surface area contributed by atoms with Crippen molar-refractivity contribution in [3.05, 3.63) is 53.4 Å². The van der Waals surface area contributed by atoms with E-state index in [4.69, 9.17) is 11.6 Å². The summed E-state index contributed by atoms with van der Waals surface area (Å²) in [7, 11) is 0. The first-order valence-corrected chi connectivity index (χ1v) is 15.1. The molecule has 1 fully saturated rings. The van der Waals surface area contributed by atoms with Crippen molar-refractivity contribution in [2.75, 3.05) is 42.6 Å². The number of hydrogen-bond acceptors (Lipinski definition) is 8. The summed E-state index contributed by atoms with van der Waals surface area (Å²) in [6.45, 7) is 5.04. The van der Waals surface area contributed by atoms with Gasteiger partial charge in [0.1, 0.15) is 16.7 Å². The zero-order chi connectivity index (χ0) is 28.3. The molecule has 0 radical (unpaired) electrons. The lowest BCUT2D eigenvalue weighted by molar-refractivity contribution is -0.116. The number of carbonyl (C=O) groups is 1. The minimum atomic E-state index is -0.463. The molecule has 1 aliphatic heterocycles. The monoisotopic (exact) mass is 586 g/mol. The Morgan fingerprint density at radius 1 is 1.20 bits per heavy atom. The van der Waals surface area contributed by atoms with Crippen LogP contribution in [0.3, 0.4) is 0 Å². The number of pyridine rings is 1. The SMILES string of the molecule is CCCC1CCCN(CCC(=O)Nc2cc(Nc3cc(-c4cc(Cl)ccc4F)nnc3SCCO)ccn2)CC1. The number of aliphatic hydroxyl groups is 1. The quantitative estimate of drug-likeness (QED) is 0.210. The van der Waals surface area contributed by atoms with Gasteiger partial charge in [0.05, 0.1) is 18.0 Å². The van der Waals surface area contributed by atoms with Gasteiger partial charge in [-0.1, -0.05) is 31.4 Å². The van der Waals surface area contributed by atoms with Gasteiger partial charge in [0, 0.05) is 47.3 Å². The van der Waals surface area contributed by atoms with Crippen LogP contribution in [0.15, 0.2) is 47.6 Å². The number of anilines is 3. The van der Waals surface area contributed by atoms with Crippen LogP contribution < -0.4 is 10.6 Å². The van der Waals surface area contributed by atoms with Gasteiger partial charge in [0.15, 0.2) is 0 Å². The molecule has 1 atom stereocenters. The van der Waals surface area contributed by atoms with Gasteiger partial charge in [0.2, 0.25) is 5.91 Å². The van der Waals surface area contributed by atoms with E-state index >= 15 is 0 Å². The van der Waals surface area contributed by atoms with Crippen LogP contribution in [0.2, 0.25) is 5.02 Å². The second-order valence-electron chi connectivity index (χ2n) is 9.92. The molecule has 0 saturated carbocycles. The van der Waals surface area contributed by atoms with Crippen molar-refractivity contribution >= 4 is 46.5 Å². The highest BCUT2D eigenvalue weighted by Crippen LogP contribution is 2.32. The maximum atomic E-state index is 14.5. The molecule has 3 heterocycles. The Hall–Kier alpha value is -2.79. The molecule has 0 bridgehead atoms. The molecule has 0 aliphatic carbocycles. The van der Waals surface area contributed by atoms with Crippen LogP contribution in [0.25, 0.3) is 11.3 Å². The highest BCUT2D eigenvalue weighted by Gasteiger charge is 2.18. The van der Waals surface area contributed by atoms with Gasteiger partial charge in [-0.25, -0.2) is 9.37 Å². The third-order valence-corrected chi connectivity index (χ3v) is 8.09. The van der Waals surface area contributed by atoms with Crippen molar-refractivity contribution in [3.8, 4) is 11.3 Å². The van der Waals surface area contributed by atoms with Gasteiger partial charge in [-0.15, -0.1) is 22.0 Å². The van der Waals surface area contributed by atoms with Crippen molar-refractivity contribution < 1.29 is 14.3 Å². The molecule has 0 spiro atoms.